The number of aryl methyl sites for hydroxylation is 4. The largest absolute Gasteiger partial charge is 0.422 e. The first-order valence-corrected chi connectivity index (χ1v) is 29.9. The molecule has 0 spiro atoms. The number of hydrogen-bond donors (Lipinski definition) is 1. The van der Waals surface area contributed by atoms with E-state index in [0.29, 0.717) is 80.6 Å². The van der Waals surface area contributed by atoms with Crippen molar-refractivity contribution in [1.29, 1.82) is 15.8 Å². The summed E-state index contributed by atoms with van der Waals surface area (Å²) in [5, 5.41) is 60.4. The van der Waals surface area contributed by atoms with E-state index in [1.807, 2.05) is 121 Å². The molecule has 0 unspecified atom stereocenters. The summed E-state index contributed by atoms with van der Waals surface area (Å²) in [6.07, 6.45) is 19.4. The monoisotopic (exact) mass is 1240 g/mol. The Balaban J connectivity index is 0.000000143. The molecule has 1 fully saturated rings. The maximum absolute atomic E-state index is 13.6. The van der Waals surface area contributed by atoms with Gasteiger partial charge in [-0.05, 0) is 184 Å². The van der Waals surface area contributed by atoms with Crippen LogP contribution in [0.4, 0.5) is 0 Å². The molecule has 0 radical (unpaired) electrons. The average molecular weight is 1240 g/mol. The molecule has 13 rings (SSSR count). The lowest BCUT2D eigenvalue weighted by atomic mass is 9.83. The predicted molar refractivity (Wildman–Crippen MR) is 347 cm³/mol. The molecule has 1 N–H and O–H groups in total. The van der Waals surface area contributed by atoms with Crippen LogP contribution in [0, 0.1) is 81.5 Å². The number of benzene rings is 3. The van der Waals surface area contributed by atoms with Gasteiger partial charge < -0.3 is 32.1 Å². The Bertz CT molecular complexity index is 4960. The van der Waals surface area contributed by atoms with Crippen LogP contribution in [-0.2, 0) is 0 Å². The van der Waals surface area contributed by atoms with Crippen molar-refractivity contribution in [2.24, 2.45) is 5.92 Å². The van der Waals surface area contributed by atoms with E-state index in [1.54, 1.807) is 75.7 Å². The number of pyridine rings is 3. The van der Waals surface area contributed by atoms with Gasteiger partial charge >= 0.3 is 0 Å². The minimum atomic E-state index is -0.249. The van der Waals surface area contributed by atoms with Gasteiger partial charge in [-0.2, -0.15) is 15.8 Å². The van der Waals surface area contributed by atoms with Crippen LogP contribution in [0.3, 0.4) is 0 Å². The first-order valence-electron chi connectivity index (χ1n) is 29.3. The van der Waals surface area contributed by atoms with Crippen LogP contribution < -0.4 is 0 Å². The van der Waals surface area contributed by atoms with Crippen molar-refractivity contribution >= 4 is 92.7 Å². The number of rotatable bonds is 14. The van der Waals surface area contributed by atoms with Crippen molar-refractivity contribution in [3.8, 4) is 35.3 Å². The van der Waals surface area contributed by atoms with Gasteiger partial charge in [-0.25, -0.2) is 0 Å². The van der Waals surface area contributed by atoms with E-state index >= 15 is 0 Å². The van der Waals surface area contributed by atoms with Gasteiger partial charge in [0.25, 0.3) is 0 Å². The fourth-order valence-corrected chi connectivity index (χ4v) is 11.4. The quantitative estimate of drug-likeness (QED) is 0.0781. The number of halogens is 1. The molecule has 456 valence electrons. The topological polar surface area (TPSA) is 296 Å². The molecule has 0 aliphatic heterocycles. The number of alkyl halides is 1. The normalized spacial score (nSPS) is 13.9. The molecule has 1 aliphatic carbocycles. The fourth-order valence-electron chi connectivity index (χ4n) is 11.2. The predicted octanol–water partition coefficient (Wildman–Crippen LogP) is 13.7. The highest BCUT2D eigenvalue weighted by atomic mass is 35.5. The fraction of sp³-hybridized carbons (Fsp3) is 0.200. The van der Waals surface area contributed by atoms with Gasteiger partial charge in [0, 0.05) is 98.2 Å². The van der Waals surface area contributed by atoms with Gasteiger partial charge in [0.1, 0.15) is 0 Å². The molecular formula is C70H58ClN15O6. The first kappa shape index (κ1) is 62.1. The number of aromatic nitrogens is 12. The zero-order valence-electron chi connectivity index (χ0n) is 50.9. The van der Waals surface area contributed by atoms with Crippen molar-refractivity contribution in [1.82, 2.24) is 59.2 Å². The van der Waals surface area contributed by atoms with Crippen LogP contribution in [0.5, 0.6) is 0 Å². The van der Waals surface area contributed by atoms with Gasteiger partial charge in [0.2, 0.25) is 35.3 Å². The van der Waals surface area contributed by atoms with Crippen molar-refractivity contribution in [3.05, 3.63) is 213 Å². The molecule has 9 aromatic heterocycles. The second kappa shape index (κ2) is 27.4. The van der Waals surface area contributed by atoms with E-state index in [1.165, 1.54) is 0 Å². The lowest BCUT2D eigenvalue weighted by molar-refractivity contribution is 0.0860. The Morgan fingerprint density at radius 1 is 0.511 bits per heavy atom. The van der Waals surface area contributed by atoms with E-state index in [-0.39, 0.29) is 29.5 Å². The average Bonchev–Trinajstić information content (AvgIpc) is 1.62. The molecule has 1 aliphatic rings. The van der Waals surface area contributed by atoms with Crippen LogP contribution in [0.15, 0.2) is 129 Å². The van der Waals surface area contributed by atoms with Gasteiger partial charge in [-0.1, -0.05) is 0 Å². The van der Waals surface area contributed by atoms with Crippen LogP contribution in [0.25, 0.3) is 86.6 Å². The summed E-state index contributed by atoms with van der Waals surface area (Å²) < 4.78 is 22.2. The number of Topliss-reactive ketones (excluding diaryl/α,β-unsaturated/α-hetero) is 2. The first-order chi connectivity index (χ1) is 44.6. The lowest BCUT2D eigenvalue weighted by Gasteiger charge is -2.24. The molecule has 21 nitrogen and oxygen atoms in total. The summed E-state index contributed by atoms with van der Waals surface area (Å²) in [5.41, 5.74) is 15.5. The summed E-state index contributed by atoms with van der Waals surface area (Å²) in [7, 11) is 0. The van der Waals surface area contributed by atoms with Gasteiger partial charge in [0.05, 0.1) is 91.1 Å². The Hall–Kier alpha value is -11.6. The molecule has 12 aromatic rings. The number of aliphatic hydroxyl groups is 1. The highest BCUT2D eigenvalue weighted by Crippen LogP contribution is 2.35. The third-order valence-electron chi connectivity index (χ3n) is 15.6. The van der Waals surface area contributed by atoms with E-state index in [4.69, 9.17) is 40.4 Å². The summed E-state index contributed by atoms with van der Waals surface area (Å²) in [6.45, 7) is 11.0. The van der Waals surface area contributed by atoms with Crippen LogP contribution >= 0.6 is 11.6 Å². The van der Waals surface area contributed by atoms with Crippen molar-refractivity contribution in [2.45, 2.75) is 79.8 Å². The number of fused-ring (bicyclic) bond motifs is 3. The standard InChI is InChI=1S/C28H27N5O3.C22H16ClN5O2.C20H15N5O/c1-17-27(25(35)14-19-5-10-23(34)11-6-19)28-24(33(17)22-8-3-20(15-29)4-9-22)13-21(16-30-28)7-12-26-32-31-18(2)36-26;1-13-21(19(29)10-23)22-18(28(13)17-6-3-15(11-24)4-7-17)9-16(12-25-22)5-8-20-27-26-14(2)30-20;1-13-9-18-19(25(13)17-6-3-15(11-21)4-7-17)10-16(12-22-18)5-8-20-24-23-14(2)26-20/h3-4,7-9,12-13,16,19,23,34H,5-6,10-11,14H2,1-2H3;3-9,12H,10H2,1-2H3;3-10,12H,1-2H3/b12-7+;2*8-5+. The molecule has 92 heavy (non-hydrogen) atoms. The molecule has 3 aromatic carbocycles. The number of nitrogens with zero attached hydrogens (tertiary/aromatic N) is 15. The van der Waals surface area contributed by atoms with Crippen molar-refractivity contribution < 1.29 is 27.9 Å². The minimum absolute atomic E-state index is 0.0726. The van der Waals surface area contributed by atoms with E-state index in [2.05, 4.69) is 69.4 Å². The van der Waals surface area contributed by atoms with E-state index in [9.17, 15) is 20.0 Å². The third kappa shape index (κ3) is 13.7. The van der Waals surface area contributed by atoms with Crippen LogP contribution in [-0.4, -0.2) is 87.9 Å². The minimum Gasteiger partial charge on any atom is -0.422 e. The SMILES string of the molecule is Cc1nnc(/C=C/c2cnc3c(C(=O)CC4CCC(O)CC4)c(C)n(-c4ccc(C#N)cc4)c3c2)o1.Cc1nnc(/C=C/c2cnc3c(C(=O)CCl)c(C)n(-c4ccc(C#N)cc4)c3c2)o1.Cc1nnc(/C=C/c2cnc3cc(C)n(-c4ccc(C#N)cc4)c3c2)o1. The molecule has 0 amide bonds. The Morgan fingerprint density at radius 2 is 0.891 bits per heavy atom. The second-order valence-electron chi connectivity index (χ2n) is 22.0. The van der Waals surface area contributed by atoms with Crippen LogP contribution in [0.1, 0.15) is 139 Å². The number of aliphatic hydroxyl groups excluding tert-OH is 1. The van der Waals surface area contributed by atoms with Crippen molar-refractivity contribution in [2.75, 3.05) is 5.88 Å². The molecule has 0 atom stereocenters. The third-order valence-corrected chi connectivity index (χ3v) is 15.8. The van der Waals surface area contributed by atoms with Gasteiger partial charge in [-0.3, -0.25) is 24.5 Å². The Morgan fingerprint density at radius 3 is 1.27 bits per heavy atom. The molecule has 9 heterocycles. The zero-order chi connectivity index (χ0) is 64.6. The summed E-state index contributed by atoms with van der Waals surface area (Å²) in [6, 6.07) is 36.4. The summed E-state index contributed by atoms with van der Waals surface area (Å²) in [5.74, 6) is 2.78. The number of hydrogen-bond acceptors (Lipinski definition) is 18. The maximum Gasteiger partial charge on any atom is 0.240 e. The Labute approximate surface area is 532 Å². The Kier molecular flexibility index (Phi) is 18.5. The molecule has 0 bridgehead atoms. The van der Waals surface area contributed by atoms with E-state index in [0.717, 1.165) is 98.6 Å². The molecule has 0 saturated heterocycles. The second-order valence-corrected chi connectivity index (χ2v) is 22.2. The lowest BCUT2D eigenvalue weighted by Crippen LogP contribution is -2.20. The highest BCUT2D eigenvalue weighted by molar-refractivity contribution is 6.32. The highest BCUT2D eigenvalue weighted by Gasteiger charge is 2.28. The number of nitriles is 3. The van der Waals surface area contributed by atoms with Gasteiger partial charge in [-0.15, -0.1) is 42.2 Å². The van der Waals surface area contributed by atoms with Crippen LogP contribution in [0.2, 0.25) is 0 Å². The molecule has 1 saturated carbocycles. The summed E-state index contributed by atoms with van der Waals surface area (Å²) in [4.78, 5) is 39.9. The number of carbonyl (C=O) groups is 2. The molecule has 22 heteroatoms. The maximum atomic E-state index is 13.6. The van der Waals surface area contributed by atoms with Crippen molar-refractivity contribution in [3.63, 3.8) is 0 Å². The smallest absolute Gasteiger partial charge is 0.240 e. The molecular weight excluding hydrogens is 1180 g/mol. The number of carbonyl (C=O) groups excluding carboxylic acids is 2. The summed E-state index contributed by atoms with van der Waals surface area (Å²) >= 11 is 5.85. The zero-order valence-corrected chi connectivity index (χ0v) is 51.7. The van der Waals surface area contributed by atoms with E-state index < -0.39 is 0 Å². The number of ketones is 2. The van der Waals surface area contributed by atoms with Gasteiger partial charge in [0.15, 0.2) is 11.6 Å².